The predicted molar refractivity (Wildman–Crippen MR) is 58.9 cm³/mol. The van der Waals surface area contributed by atoms with Gasteiger partial charge in [-0.1, -0.05) is 0 Å². The largest absolute Gasteiger partial charge is 1.00 e. The summed E-state index contributed by atoms with van der Waals surface area (Å²) in [6.07, 6.45) is 0.824. The van der Waals surface area contributed by atoms with Crippen LogP contribution in [0.4, 0.5) is 0 Å². The van der Waals surface area contributed by atoms with Crippen molar-refractivity contribution in [3.8, 4) is 0 Å². The zero-order valence-electron chi connectivity index (χ0n) is 10.2. The normalized spacial score (nSPS) is 16.2. The van der Waals surface area contributed by atoms with Gasteiger partial charge in [-0.2, -0.15) is 5.23 Å². The number of nitrogens with one attached hydrogen (secondary N) is 1. The number of rotatable bonds is 4. The van der Waals surface area contributed by atoms with Gasteiger partial charge in [-0.3, -0.25) is 25.6 Å². The van der Waals surface area contributed by atoms with E-state index in [-0.39, 0.29) is 51.4 Å². The Labute approximate surface area is 157 Å². The summed E-state index contributed by atoms with van der Waals surface area (Å²) in [6.45, 7) is 0. The zero-order valence-corrected chi connectivity index (χ0v) is 13.4. The van der Waals surface area contributed by atoms with Gasteiger partial charge >= 0.3 is 62.9 Å². The second-order valence-corrected chi connectivity index (χ2v) is 3.26. The van der Waals surface area contributed by atoms with Gasteiger partial charge in [-0.25, -0.2) is 5.21 Å². The predicted octanol–water partition coefficient (Wildman–Crippen LogP) is -2.98. The fourth-order valence-electron chi connectivity index (χ4n) is 1.31. The van der Waals surface area contributed by atoms with E-state index in [2.05, 4.69) is 0 Å². The SMILES string of the molecule is N=C1C([N+](=O)[O-])=CC([N+](=O)[O-])=C/C1=C(\N([O-])O)[N+](=O)[O-].[K+]. The summed E-state index contributed by atoms with van der Waals surface area (Å²) < 4.78 is 0. The summed E-state index contributed by atoms with van der Waals surface area (Å²) in [5.41, 5.74) is -4.21. The van der Waals surface area contributed by atoms with Gasteiger partial charge in [0.2, 0.25) is 0 Å². The molecule has 0 fully saturated rings. The Morgan fingerprint density at radius 3 is 2.00 bits per heavy atom. The van der Waals surface area contributed by atoms with Crippen molar-refractivity contribution >= 4 is 5.71 Å². The number of hydroxylamine groups is 2. The smallest absolute Gasteiger partial charge is 0.622 e. The molecule has 1 aliphatic rings. The summed E-state index contributed by atoms with van der Waals surface area (Å²) >= 11 is 0. The van der Waals surface area contributed by atoms with Crippen LogP contribution in [-0.2, 0) is 0 Å². The molecule has 1 aliphatic carbocycles. The second-order valence-electron chi connectivity index (χ2n) is 3.26. The fraction of sp³-hybridized carbons (Fsp3) is 0. The van der Waals surface area contributed by atoms with Gasteiger partial charge in [0.25, 0.3) is 5.70 Å². The molecule has 0 saturated carbocycles. The maximum Gasteiger partial charge on any atom is 1.00 e. The first-order valence-electron chi connectivity index (χ1n) is 4.53. The summed E-state index contributed by atoms with van der Waals surface area (Å²) in [5, 5.41) is 57.2. The fourth-order valence-corrected chi connectivity index (χ4v) is 1.31. The first-order chi connectivity index (χ1) is 9.16. The van der Waals surface area contributed by atoms with Crippen LogP contribution in [0.3, 0.4) is 0 Å². The second kappa shape index (κ2) is 7.45. The molecule has 0 atom stereocenters. The van der Waals surface area contributed by atoms with Gasteiger partial charge in [-0.05, 0) is 4.92 Å². The molecule has 0 heterocycles. The molecule has 0 aromatic rings. The van der Waals surface area contributed by atoms with Crippen LogP contribution in [-0.4, -0.2) is 30.9 Å². The molecular weight excluding hydrogens is 321 g/mol. The van der Waals surface area contributed by atoms with Crippen LogP contribution >= 0.6 is 0 Å². The topological polar surface area (TPSA) is 200 Å². The number of hydrogen-bond acceptors (Lipinski definition) is 10. The number of nitro groups is 3. The van der Waals surface area contributed by atoms with Crippen molar-refractivity contribution in [1.82, 2.24) is 5.23 Å². The third-order valence-corrected chi connectivity index (χ3v) is 2.10. The summed E-state index contributed by atoms with van der Waals surface area (Å²) in [7, 11) is 0. The van der Waals surface area contributed by atoms with Crippen LogP contribution in [0.25, 0.3) is 0 Å². The minimum atomic E-state index is -1.64. The summed E-state index contributed by atoms with van der Waals surface area (Å²) in [6, 6.07) is 0. The minimum absolute atomic E-state index is 0. The van der Waals surface area contributed by atoms with E-state index < -0.39 is 48.5 Å². The third kappa shape index (κ3) is 4.20. The van der Waals surface area contributed by atoms with Crippen molar-refractivity contribution in [3.63, 3.8) is 0 Å². The molecule has 1 rings (SSSR count). The van der Waals surface area contributed by atoms with Gasteiger partial charge < -0.3 is 15.3 Å². The molecule has 0 radical (unpaired) electrons. The molecule has 0 aromatic heterocycles. The average molecular weight is 325 g/mol. The molecular formula is C7H4KN5O8. The first-order valence-corrected chi connectivity index (χ1v) is 4.53. The van der Waals surface area contributed by atoms with E-state index in [1.54, 1.807) is 0 Å². The van der Waals surface area contributed by atoms with Crippen LogP contribution in [0, 0.1) is 41.0 Å². The van der Waals surface area contributed by atoms with Crippen LogP contribution in [0.2, 0.25) is 0 Å². The maximum atomic E-state index is 10.7. The van der Waals surface area contributed by atoms with E-state index in [0.717, 1.165) is 0 Å². The number of hydrogen-bond donors (Lipinski definition) is 2. The summed E-state index contributed by atoms with van der Waals surface area (Å²) in [5.74, 6) is -1.64. The van der Waals surface area contributed by atoms with Gasteiger partial charge in [0, 0.05) is 6.08 Å². The van der Waals surface area contributed by atoms with E-state index in [0.29, 0.717) is 12.2 Å². The molecule has 0 spiro atoms. The Morgan fingerprint density at radius 1 is 1.14 bits per heavy atom. The zero-order chi connectivity index (χ0) is 15.6. The van der Waals surface area contributed by atoms with Crippen molar-refractivity contribution in [1.29, 1.82) is 5.41 Å². The molecule has 0 amide bonds. The Balaban J connectivity index is 0.00000400. The van der Waals surface area contributed by atoms with Gasteiger partial charge in [0.15, 0.2) is 0 Å². The van der Waals surface area contributed by atoms with Gasteiger partial charge in [-0.15, -0.1) is 0 Å². The minimum Gasteiger partial charge on any atom is -0.622 e. The maximum absolute atomic E-state index is 10.7. The molecule has 0 unspecified atom stereocenters. The molecule has 13 nitrogen and oxygen atoms in total. The van der Waals surface area contributed by atoms with E-state index in [1.807, 2.05) is 0 Å². The van der Waals surface area contributed by atoms with Crippen molar-refractivity contribution < 1.29 is 71.4 Å². The Bertz CT molecular complexity index is 621. The quantitative estimate of drug-likeness (QED) is 0.307. The first kappa shape index (κ1) is 19.4. The molecule has 0 aromatic carbocycles. The molecule has 21 heavy (non-hydrogen) atoms. The van der Waals surface area contributed by atoms with Crippen molar-refractivity contribution in [2.75, 3.05) is 0 Å². The molecule has 14 heteroatoms. The Kier molecular flexibility index (Phi) is 6.90. The molecule has 0 bridgehead atoms. The Morgan fingerprint density at radius 2 is 1.67 bits per heavy atom. The van der Waals surface area contributed by atoms with Crippen molar-refractivity contribution in [2.45, 2.75) is 0 Å². The standard InChI is InChI=1S/C7H4N5O8.K/c8-6-4(7(11(17)18)12(19)20)1-3(9(13)14)2-5(6)10(15)16;/h1-2,8,17H;/q-1;+1/b7-4-,8-6?;. The number of nitrogens with zero attached hydrogens (tertiary/aromatic N) is 4. The van der Waals surface area contributed by atoms with Crippen LogP contribution in [0.15, 0.2) is 34.9 Å². The van der Waals surface area contributed by atoms with Crippen LogP contribution in [0.5, 0.6) is 0 Å². The Hall–Kier alpha value is -1.55. The van der Waals surface area contributed by atoms with Crippen LogP contribution in [0.1, 0.15) is 0 Å². The van der Waals surface area contributed by atoms with Crippen molar-refractivity contribution in [2.24, 2.45) is 0 Å². The molecule has 0 saturated heterocycles. The van der Waals surface area contributed by atoms with E-state index >= 15 is 0 Å². The third-order valence-electron chi connectivity index (χ3n) is 2.10. The molecule has 106 valence electrons. The summed E-state index contributed by atoms with van der Waals surface area (Å²) in [4.78, 5) is 28.1. The van der Waals surface area contributed by atoms with Gasteiger partial charge in [0.05, 0.1) is 15.9 Å². The van der Waals surface area contributed by atoms with Crippen molar-refractivity contribution in [3.05, 3.63) is 70.5 Å². The van der Waals surface area contributed by atoms with Gasteiger partial charge in [0.1, 0.15) is 11.3 Å². The average Bonchev–Trinajstić information content (AvgIpc) is 2.29. The van der Waals surface area contributed by atoms with E-state index in [4.69, 9.17) is 10.6 Å². The van der Waals surface area contributed by atoms with Crippen LogP contribution < -0.4 is 51.4 Å². The number of allylic oxidation sites excluding steroid dienone is 3. The molecule has 0 aliphatic heterocycles. The van der Waals surface area contributed by atoms with E-state index in [1.165, 1.54) is 0 Å². The molecule has 2 N–H and O–H groups in total. The van der Waals surface area contributed by atoms with E-state index in [9.17, 15) is 35.6 Å². The monoisotopic (exact) mass is 325 g/mol.